The molecule has 1 N–H and O–H groups in total. The third-order valence-electron chi connectivity index (χ3n) is 4.61. The highest BCUT2D eigenvalue weighted by atomic mass is 19.1. The average Bonchev–Trinajstić information content (AvgIpc) is 2.95. The lowest BCUT2D eigenvalue weighted by Gasteiger charge is -2.30. The van der Waals surface area contributed by atoms with Gasteiger partial charge in [0.15, 0.2) is 0 Å². The predicted octanol–water partition coefficient (Wildman–Crippen LogP) is 2.92. The third kappa shape index (κ3) is 1.86. The van der Waals surface area contributed by atoms with E-state index in [4.69, 9.17) is 0 Å². The number of pyridine rings is 1. The van der Waals surface area contributed by atoms with Gasteiger partial charge in [0.05, 0.1) is 11.7 Å². The Morgan fingerprint density at radius 3 is 2.88 bits per heavy atom. The van der Waals surface area contributed by atoms with Gasteiger partial charge in [-0.05, 0) is 56.2 Å². The molecular formula is C14H19FN2. The number of hydrogen-bond acceptors (Lipinski definition) is 2. The van der Waals surface area contributed by atoms with E-state index < -0.39 is 0 Å². The molecule has 4 atom stereocenters. The van der Waals surface area contributed by atoms with E-state index in [1.54, 1.807) is 12.3 Å². The molecule has 0 radical (unpaired) electrons. The van der Waals surface area contributed by atoms with E-state index in [0.29, 0.717) is 11.6 Å². The van der Waals surface area contributed by atoms with Crippen molar-refractivity contribution in [2.24, 2.45) is 17.8 Å². The van der Waals surface area contributed by atoms with Crippen LogP contribution in [0.5, 0.6) is 0 Å². The smallest absolute Gasteiger partial charge is 0.146 e. The maximum atomic E-state index is 13.8. The van der Waals surface area contributed by atoms with E-state index in [-0.39, 0.29) is 11.9 Å². The van der Waals surface area contributed by atoms with Gasteiger partial charge in [0, 0.05) is 6.20 Å². The second-order valence-electron chi connectivity index (χ2n) is 5.48. The molecular weight excluding hydrogens is 215 g/mol. The molecule has 92 valence electrons. The van der Waals surface area contributed by atoms with Crippen LogP contribution in [0.2, 0.25) is 0 Å². The molecule has 4 unspecified atom stereocenters. The van der Waals surface area contributed by atoms with Gasteiger partial charge in [-0.1, -0.05) is 6.42 Å². The highest BCUT2D eigenvalue weighted by molar-refractivity contribution is 5.14. The summed E-state index contributed by atoms with van der Waals surface area (Å²) in [6.07, 6.45) is 6.98. The zero-order valence-corrected chi connectivity index (χ0v) is 10.2. The Hall–Kier alpha value is -0.960. The molecule has 3 rings (SSSR count). The first-order valence-corrected chi connectivity index (χ1v) is 6.57. The van der Waals surface area contributed by atoms with Crippen molar-refractivity contribution in [3.63, 3.8) is 0 Å². The van der Waals surface area contributed by atoms with Gasteiger partial charge in [0.2, 0.25) is 0 Å². The van der Waals surface area contributed by atoms with Gasteiger partial charge in [-0.15, -0.1) is 0 Å². The lowest BCUT2D eigenvalue weighted by atomic mass is 9.82. The first-order valence-electron chi connectivity index (χ1n) is 6.57. The van der Waals surface area contributed by atoms with Crippen LogP contribution in [0.25, 0.3) is 0 Å². The van der Waals surface area contributed by atoms with Gasteiger partial charge in [0.25, 0.3) is 0 Å². The fourth-order valence-electron chi connectivity index (χ4n) is 3.88. The van der Waals surface area contributed by atoms with Crippen molar-refractivity contribution in [1.82, 2.24) is 10.3 Å². The van der Waals surface area contributed by atoms with Crippen molar-refractivity contribution in [3.8, 4) is 0 Å². The summed E-state index contributed by atoms with van der Waals surface area (Å²) < 4.78 is 13.8. The summed E-state index contributed by atoms with van der Waals surface area (Å²) >= 11 is 0. The maximum Gasteiger partial charge on any atom is 0.146 e. The topological polar surface area (TPSA) is 24.9 Å². The number of aromatic nitrogens is 1. The number of nitrogens with zero attached hydrogens (tertiary/aromatic N) is 1. The van der Waals surface area contributed by atoms with Crippen LogP contribution in [0.3, 0.4) is 0 Å². The minimum Gasteiger partial charge on any atom is -0.311 e. The van der Waals surface area contributed by atoms with Crippen LogP contribution in [0.15, 0.2) is 18.3 Å². The summed E-state index contributed by atoms with van der Waals surface area (Å²) in [4.78, 5) is 4.24. The molecule has 3 heteroatoms. The molecule has 0 aliphatic heterocycles. The Morgan fingerprint density at radius 2 is 2.29 bits per heavy atom. The van der Waals surface area contributed by atoms with Crippen molar-refractivity contribution in [2.45, 2.75) is 31.7 Å². The number of fused-ring (bicyclic) bond motifs is 2. The predicted molar refractivity (Wildman–Crippen MR) is 64.9 cm³/mol. The van der Waals surface area contributed by atoms with Gasteiger partial charge in [-0.2, -0.15) is 0 Å². The fourth-order valence-corrected chi connectivity index (χ4v) is 3.88. The molecule has 17 heavy (non-hydrogen) atoms. The standard InChI is InChI=1S/C14H19FN2/c1-16-13(14-12(15)3-2-6-17-14)11-8-9-4-5-10(11)7-9/h2-3,6,9-11,13,16H,4-5,7-8H2,1H3. The largest absolute Gasteiger partial charge is 0.311 e. The van der Waals surface area contributed by atoms with Crippen LogP contribution in [0.1, 0.15) is 37.4 Å². The second-order valence-corrected chi connectivity index (χ2v) is 5.48. The summed E-state index contributed by atoms with van der Waals surface area (Å²) in [5.74, 6) is 2.06. The maximum absolute atomic E-state index is 13.8. The van der Waals surface area contributed by atoms with Crippen LogP contribution >= 0.6 is 0 Å². The Kier molecular flexibility index (Phi) is 2.87. The summed E-state index contributed by atoms with van der Waals surface area (Å²) in [5.41, 5.74) is 0.604. The van der Waals surface area contributed by atoms with E-state index in [9.17, 15) is 4.39 Å². The lowest BCUT2D eigenvalue weighted by molar-refractivity contribution is 0.251. The minimum absolute atomic E-state index is 0.0894. The molecule has 2 fully saturated rings. The summed E-state index contributed by atoms with van der Waals surface area (Å²) in [6, 6.07) is 3.26. The van der Waals surface area contributed by atoms with Crippen molar-refractivity contribution in [1.29, 1.82) is 0 Å². The number of nitrogens with one attached hydrogen (secondary N) is 1. The van der Waals surface area contributed by atoms with Crippen molar-refractivity contribution in [2.75, 3.05) is 7.05 Å². The van der Waals surface area contributed by atoms with E-state index in [1.165, 1.54) is 31.7 Å². The lowest BCUT2D eigenvalue weighted by Crippen LogP contribution is -2.30. The zero-order valence-electron chi connectivity index (χ0n) is 10.2. The normalized spacial score (nSPS) is 32.9. The first kappa shape index (κ1) is 11.1. The SMILES string of the molecule is CNC(c1ncccc1F)C1CC2CCC1C2. The molecule has 2 bridgehead atoms. The Labute approximate surface area is 102 Å². The highest BCUT2D eigenvalue weighted by Gasteiger charge is 2.43. The third-order valence-corrected chi connectivity index (χ3v) is 4.61. The monoisotopic (exact) mass is 234 g/mol. The fraction of sp³-hybridized carbons (Fsp3) is 0.643. The minimum atomic E-state index is -0.172. The van der Waals surface area contributed by atoms with E-state index >= 15 is 0 Å². The van der Waals surface area contributed by atoms with Gasteiger partial charge in [-0.3, -0.25) is 4.98 Å². The van der Waals surface area contributed by atoms with Crippen LogP contribution < -0.4 is 5.32 Å². The van der Waals surface area contributed by atoms with Crippen molar-refractivity contribution >= 4 is 0 Å². The quantitative estimate of drug-likeness (QED) is 0.869. The summed E-state index contributed by atoms with van der Waals surface area (Å²) in [7, 11) is 1.92. The molecule has 0 saturated heterocycles. The van der Waals surface area contributed by atoms with Crippen LogP contribution in [0.4, 0.5) is 4.39 Å². The Bertz CT molecular complexity index is 407. The molecule has 2 aliphatic rings. The van der Waals surface area contributed by atoms with Gasteiger partial charge in [0.1, 0.15) is 5.82 Å². The summed E-state index contributed by atoms with van der Waals surface area (Å²) in [5, 5.41) is 3.28. The van der Waals surface area contributed by atoms with Crippen molar-refractivity contribution < 1.29 is 4.39 Å². The van der Waals surface area contributed by atoms with Crippen LogP contribution in [-0.4, -0.2) is 12.0 Å². The number of hydrogen-bond donors (Lipinski definition) is 1. The number of rotatable bonds is 3. The molecule has 2 aliphatic carbocycles. The first-order chi connectivity index (χ1) is 8.29. The average molecular weight is 234 g/mol. The highest BCUT2D eigenvalue weighted by Crippen LogP contribution is 2.52. The van der Waals surface area contributed by atoms with Gasteiger partial charge in [-0.25, -0.2) is 4.39 Å². The molecule has 2 nitrogen and oxygen atoms in total. The molecule has 0 aromatic carbocycles. The van der Waals surface area contributed by atoms with E-state index in [1.807, 2.05) is 7.05 Å². The van der Waals surface area contributed by atoms with Gasteiger partial charge >= 0.3 is 0 Å². The number of halogens is 1. The molecule has 1 aromatic rings. The van der Waals surface area contributed by atoms with Crippen LogP contribution in [-0.2, 0) is 0 Å². The summed E-state index contributed by atoms with van der Waals surface area (Å²) in [6.45, 7) is 0. The van der Waals surface area contributed by atoms with Gasteiger partial charge < -0.3 is 5.32 Å². The Morgan fingerprint density at radius 1 is 1.41 bits per heavy atom. The molecule has 1 heterocycles. The van der Waals surface area contributed by atoms with Crippen LogP contribution in [0, 0.1) is 23.6 Å². The zero-order chi connectivity index (χ0) is 11.8. The van der Waals surface area contributed by atoms with E-state index in [0.717, 1.165) is 11.8 Å². The molecule has 2 saturated carbocycles. The Balaban J connectivity index is 1.87. The molecule has 1 aromatic heterocycles. The van der Waals surface area contributed by atoms with E-state index in [2.05, 4.69) is 10.3 Å². The molecule has 0 spiro atoms. The van der Waals surface area contributed by atoms with Crippen molar-refractivity contribution in [3.05, 3.63) is 29.8 Å². The molecule has 0 amide bonds. The second kappa shape index (κ2) is 4.37.